The van der Waals surface area contributed by atoms with E-state index in [2.05, 4.69) is 4.98 Å². The van der Waals surface area contributed by atoms with Crippen molar-refractivity contribution in [2.45, 2.75) is 0 Å². The summed E-state index contributed by atoms with van der Waals surface area (Å²) in [6.45, 7) is 0. The number of nitro benzene ring substituents is 1. The lowest BCUT2D eigenvalue weighted by Crippen LogP contribution is -2.22. The largest absolute Gasteiger partial charge is 0.497 e. The number of aromatic nitrogens is 2. The quantitative estimate of drug-likeness (QED) is 0.402. The van der Waals surface area contributed by atoms with Crippen LogP contribution in [0.15, 0.2) is 59.5 Å². The minimum absolute atomic E-state index is 0.0145. The van der Waals surface area contributed by atoms with E-state index in [1.54, 1.807) is 25.4 Å². The van der Waals surface area contributed by atoms with E-state index >= 15 is 0 Å². The summed E-state index contributed by atoms with van der Waals surface area (Å²) in [5, 5.41) is 10.8. The number of non-ortho nitro benzene ring substituents is 1. The van der Waals surface area contributed by atoms with E-state index in [1.165, 1.54) is 27.9 Å². The van der Waals surface area contributed by atoms with Crippen molar-refractivity contribution in [1.82, 2.24) is 9.38 Å². The third-order valence-corrected chi connectivity index (χ3v) is 5.07. The SMILES string of the molecule is COc1ccc(/C=c2/sc3nc(-c4ccc([N+](=O)[O-])cc4)cn3c2=O)cc1. The Kier molecular flexibility index (Phi) is 4.17. The Labute approximate surface area is 156 Å². The summed E-state index contributed by atoms with van der Waals surface area (Å²) in [4.78, 5) is 28.0. The molecule has 7 nitrogen and oxygen atoms in total. The molecule has 134 valence electrons. The molecule has 0 aliphatic heterocycles. The van der Waals surface area contributed by atoms with Gasteiger partial charge in [0.2, 0.25) is 0 Å². The molecule has 0 aliphatic carbocycles. The van der Waals surface area contributed by atoms with Crippen molar-refractivity contribution in [2.24, 2.45) is 0 Å². The standard InChI is InChI=1S/C19H13N3O4S/c1-26-15-8-2-12(3-9-15)10-17-18(23)21-11-16(20-19(21)27-17)13-4-6-14(7-5-13)22(24)25/h2-11H,1H3/b17-10+. The topological polar surface area (TPSA) is 86.7 Å². The van der Waals surface area contributed by atoms with E-state index in [1.807, 2.05) is 30.3 Å². The molecule has 0 bridgehead atoms. The number of hydrogen-bond donors (Lipinski definition) is 0. The second-order valence-corrected chi connectivity index (χ2v) is 6.78. The minimum Gasteiger partial charge on any atom is -0.497 e. The van der Waals surface area contributed by atoms with Gasteiger partial charge in [-0.1, -0.05) is 23.5 Å². The van der Waals surface area contributed by atoms with E-state index in [0.717, 1.165) is 16.9 Å². The lowest BCUT2D eigenvalue weighted by atomic mass is 10.1. The highest BCUT2D eigenvalue weighted by atomic mass is 32.1. The van der Waals surface area contributed by atoms with Crippen molar-refractivity contribution in [3.8, 4) is 17.0 Å². The molecule has 0 atom stereocenters. The molecule has 0 fully saturated rings. The average molecular weight is 379 g/mol. The Balaban J connectivity index is 1.71. The summed E-state index contributed by atoms with van der Waals surface area (Å²) in [5.41, 5.74) is 2.08. The number of hydrogen-bond acceptors (Lipinski definition) is 6. The number of methoxy groups -OCH3 is 1. The van der Waals surface area contributed by atoms with Crippen molar-refractivity contribution < 1.29 is 9.66 Å². The fraction of sp³-hybridized carbons (Fsp3) is 0.0526. The van der Waals surface area contributed by atoms with Crippen LogP contribution >= 0.6 is 11.3 Å². The Morgan fingerprint density at radius 2 is 1.85 bits per heavy atom. The summed E-state index contributed by atoms with van der Waals surface area (Å²) in [6.07, 6.45) is 3.47. The van der Waals surface area contributed by atoms with Crippen molar-refractivity contribution >= 4 is 28.1 Å². The van der Waals surface area contributed by atoms with Gasteiger partial charge in [0.1, 0.15) is 5.75 Å². The monoisotopic (exact) mass is 379 g/mol. The summed E-state index contributed by atoms with van der Waals surface area (Å²) in [6, 6.07) is 13.5. The first kappa shape index (κ1) is 16.9. The molecule has 8 heteroatoms. The first-order valence-electron chi connectivity index (χ1n) is 7.97. The lowest BCUT2D eigenvalue weighted by Gasteiger charge is -1.98. The van der Waals surface area contributed by atoms with Crippen molar-refractivity contribution in [3.63, 3.8) is 0 Å². The fourth-order valence-corrected chi connectivity index (χ4v) is 3.63. The number of nitro groups is 1. The number of thiazole rings is 1. The van der Waals surface area contributed by atoms with Gasteiger partial charge in [0.15, 0.2) is 4.96 Å². The summed E-state index contributed by atoms with van der Waals surface area (Å²) >= 11 is 1.30. The number of rotatable bonds is 4. The summed E-state index contributed by atoms with van der Waals surface area (Å²) in [5.74, 6) is 0.753. The van der Waals surface area contributed by atoms with Crippen LogP contribution in [0.25, 0.3) is 22.3 Å². The van der Waals surface area contributed by atoms with Crippen LogP contribution in [0.3, 0.4) is 0 Å². The highest BCUT2D eigenvalue weighted by Crippen LogP contribution is 2.22. The molecule has 0 saturated heterocycles. The van der Waals surface area contributed by atoms with Crippen molar-refractivity contribution in [3.05, 3.63) is 85.3 Å². The van der Waals surface area contributed by atoms with E-state index in [4.69, 9.17) is 4.74 Å². The number of imidazole rings is 1. The number of fused-ring (bicyclic) bond motifs is 1. The Morgan fingerprint density at radius 3 is 2.44 bits per heavy atom. The normalized spacial score (nSPS) is 11.8. The fourth-order valence-electron chi connectivity index (χ4n) is 2.68. The van der Waals surface area contributed by atoms with Crippen LogP contribution in [0.1, 0.15) is 5.56 Å². The van der Waals surface area contributed by atoms with E-state index in [9.17, 15) is 14.9 Å². The molecule has 0 aliphatic rings. The second-order valence-electron chi connectivity index (χ2n) is 5.77. The predicted molar refractivity (Wildman–Crippen MR) is 103 cm³/mol. The van der Waals surface area contributed by atoms with Gasteiger partial charge in [0, 0.05) is 23.9 Å². The Hall–Kier alpha value is -3.52. The smallest absolute Gasteiger partial charge is 0.274 e. The molecule has 0 amide bonds. The Morgan fingerprint density at radius 1 is 1.15 bits per heavy atom. The van der Waals surface area contributed by atoms with Crippen LogP contribution in [0.5, 0.6) is 5.75 Å². The number of ether oxygens (including phenoxy) is 1. The zero-order chi connectivity index (χ0) is 19.0. The van der Waals surface area contributed by atoms with Crippen molar-refractivity contribution in [1.29, 1.82) is 0 Å². The molecular formula is C19H13N3O4S. The van der Waals surface area contributed by atoms with Crippen LogP contribution in [-0.4, -0.2) is 21.4 Å². The van der Waals surface area contributed by atoms with Crippen LogP contribution in [0.4, 0.5) is 5.69 Å². The molecule has 0 saturated carbocycles. The van der Waals surface area contributed by atoms with Gasteiger partial charge in [0.25, 0.3) is 11.2 Å². The molecule has 2 aromatic carbocycles. The molecule has 4 rings (SSSR count). The van der Waals surface area contributed by atoms with Crippen molar-refractivity contribution in [2.75, 3.05) is 7.11 Å². The highest BCUT2D eigenvalue weighted by molar-refractivity contribution is 7.15. The zero-order valence-electron chi connectivity index (χ0n) is 14.2. The lowest BCUT2D eigenvalue weighted by molar-refractivity contribution is -0.384. The average Bonchev–Trinajstić information content (AvgIpc) is 3.22. The second kappa shape index (κ2) is 6.65. The number of benzene rings is 2. The van der Waals surface area contributed by atoms with E-state index < -0.39 is 4.92 Å². The molecule has 2 heterocycles. The van der Waals surface area contributed by atoms with Gasteiger partial charge in [-0.25, -0.2) is 4.98 Å². The molecule has 4 aromatic rings. The maximum atomic E-state index is 12.6. The third kappa shape index (κ3) is 3.18. The Bertz CT molecular complexity index is 1240. The van der Waals surface area contributed by atoms with Gasteiger partial charge in [-0.15, -0.1) is 0 Å². The van der Waals surface area contributed by atoms with Crippen LogP contribution in [0, 0.1) is 10.1 Å². The first-order chi connectivity index (χ1) is 13.0. The first-order valence-corrected chi connectivity index (χ1v) is 8.79. The van der Waals surface area contributed by atoms with E-state index in [0.29, 0.717) is 15.2 Å². The molecule has 0 radical (unpaired) electrons. The molecule has 27 heavy (non-hydrogen) atoms. The van der Waals surface area contributed by atoms with Gasteiger partial charge in [-0.05, 0) is 35.9 Å². The zero-order valence-corrected chi connectivity index (χ0v) is 15.0. The molecule has 0 spiro atoms. The minimum atomic E-state index is -0.452. The van der Waals surface area contributed by atoms with Gasteiger partial charge >= 0.3 is 0 Å². The maximum absolute atomic E-state index is 12.6. The number of nitrogens with zero attached hydrogens (tertiary/aromatic N) is 3. The third-order valence-electron chi connectivity index (χ3n) is 4.09. The molecule has 0 unspecified atom stereocenters. The van der Waals surface area contributed by atoms with Crippen LogP contribution in [0.2, 0.25) is 0 Å². The summed E-state index contributed by atoms with van der Waals surface area (Å²) < 4.78 is 7.21. The molecule has 0 N–H and O–H groups in total. The van der Waals surface area contributed by atoms with Crippen LogP contribution in [-0.2, 0) is 0 Å². The van der Waals surface area contributed by atoms with Crippen LogP contribution < -0.4 is 14.8 Å². The predicted octanol–water partition coefficient (Wildman–Crippen LogP) is 2.89. The maximum Gasteiger partial charge on any atom is 0.274 e. The van der Waals surface area contributed by atoms with Gasteiger partial charge in [-0.3, -0.25) is 19.3 Å². The summed E-state index contributed by atoms with van der Waals surface area (Å²) in [7, 11) is 1.60. The highest BCUT2D eigenvalue weighted by Gasteiger charge is 2.11. The van der Waals surface area contributed by atoms with E-state index in [-0.39, 0.29) is 11.2 Å². The van der Waals surface area contributed by atoms with Gasteiger partial charge in [-0.2, -0.15) is 0 Å². The molecule has 2 aromatic heterocycles. The van der Waals surface area contributed by atoms with Gasteiger partial charge in [0.05, 0.1) is 22.3 Å². The van der Waals surface area contributed by atoms with Gasteiger partial charge < -0.3 is 4.74 Å². The molecular weight excluding hydrogens is 366 g/mol.